The molecule has 2 aromatic rings. The van der Waals surface area contributed by atoms with Crippen molar-refractivity contribution in [3.8, 4) is 0 Å². The molecule has 0 unspecified atom stereocenters. The van der Waals surface area contributed by atoms with Gasteiger partial charge in [0.15, 0.2) is 0 Å². The Bertz CT molecular complexity index is 473. The molecule has 13 heavy (non-hydrogen) atoms. The van der Waals surface area contributed by atoms with Gasteiger partial charge in [0, 0.05) is 15.4 Å². The molecule has 0 saturated carbocycles. The second-order valence-electron chi connectivity index (χ2n) is 2.83. The molecule has 1 aromatic carbocycles. The lowest BCUT2D eigenvalue weighted by Gasteiger charge is -1.89. The maximum Gasteiger partial charge on any atom is 0.139 e. The van der Waals surface area contributed by atoms with Crippen molar-refractivity contribution in [1.82, 2.24) is 4.98 Å². The van der Waals surface area contributed by atoms with Crippen LogP contribution in [0.5, 0.6) is 0 Å². The molecule has 0 aliphatic rings. The van der Waals surface area contributed by atoms with Crippen molar-refractivity contribution in [3.63, 3.8) is 0 Å². The highest BCUT2D eigenvalue weighted by atomic mass is 79.9. The molecule has 4 N–H and O–H groups in total. The van der Waals surface area contributed by atoms with Gasteiger partial charge in [-0.25, -0.2) is 0 Å². The van der Waals surface area contributed by atoms with Crippen molar-refractivity contribution < 1.29 is 0 Å². The lowest BCUT2D eigenvalue weighted by atomic mass is 10.2. The number of nitrogens with two attached hydrogens (primary N) is 1. The molecule has 0 amide bonds. The highest BCUT2D eigenvalue weighted by Crippen LogP contribution is 2.20. The summed E-state index contributed by atoms with van der Waals surface area (Å²) in [5.41, 5.74) is 7.01. The average Bonchev–Trinajstić information content (AvgIpc) is 2.46. The van der Waals surface area contributed by atoms with Gasteiger partial charge in [-0.1, -0.05) is 15.9 Å². The van der Waals surface area contributed by atoms with Crippen LogP contribution in [0.3, 0.4) is 0 Å². The van der Waals surface area contributed by atoms with Gasteiger partial charge in [0.2, 0.25) is 0 Å². The van der Waals surface area contributed by atoms with E-state index in [-0.39, 0.29) is 5.84 Å². The van der Waals surface area contributed by atoms with Gasteiger partial charge in [0.1, 0.15) is 5.84 Å². The van der Waals surface area contributed by atoms with Crippen LogP contribution in [0.25, 0.3) is 10.9 Å². The number of hydrogen-bond donors (Lipinski definition) is 3. The average molecular weight is 238 g/mol. The first kappa shape index (κ1) is 8.31. The molecule has 0 spiro atoms. The molecule has 0 radical (unpaired) electrons. The van der Waals surface area contributed by atoms with Crippen molar-refractivity contribution in [3.05, 3.63) is 34.4 Å². The van der Waals surface area contributed by atoms with Gasteiger partial charge < -0.3 is 10.7 Å². The van der Waals surface area contributed by atoms with E-state index in [1.54, 1.807) is 0 Å². The highest BCUT2D eigenvalue weighted by Gasteiger charge is 2.02. The summed E-state index contributed by atoms with van der Waals surface area (Å²) in [4.78, 5) is 3.05. The number of halogens is 1. The number of fused-ring (bicyclic) bond motifs is 1. The summed E-state index contributed by atoms with van der Waals surface area (Å²) >= 11 is 3.38. The fraction of sp³-hybridized carbons (Fsp3) is 0. The van der Waals surface area contributed by atoms with Crippen LogP contribution >= 0.6 is 15.9 Å². The normalized spacial score (nSPS) is 10.5. The van der Waals surface area contributed by atoms with E-state index in [0.29, 0.717) is 5.69 Å². The van der Waals surface area contributed by atoms with E-state index in [1.165, 1.54) is 0 Å². The number of aromatic amines is 1. The van der Waals surface area contributed by atoms with Gasteiger partial charge >= 0.3 is 0 Å². The number of nitrogens with one attached hydrogen (secondary N) is 2. The Kier molecular flexibility index (Phi) is 1.84. The first-order chi connectivity index (χ1) is 6.16. The monoisotopic (exact) mass is 237 g/mol. The fourth-order valence-corrected chi connectivity index (χ4v) is 1.63. The van der Waals surface area contributed by atoms with E-state index in [0.717, 1.165) is 15.4 Å². The van der Waals surface area contributed by atoms with E-state index in [1.807, 2.05) is 24.3 Å². The molecule has 0 atom stereocenters. The third kappa shape index (κ3) is 1.45. The van der Waals surface area contributed by atoms with Crippen LogP contribution in [0.15, 0.2) is 28.7 Å². The van der Waals surface area contributed by atoms with E-state index in [4.69, 9.17) is 11.1 Å². The molecule has 3 nitrogen and oxygen atoms in total. The van der Waals surface area contributed by atoms with Crippen LogP contribution in [0.1, 0.15) is 5.69 Å². The third-order valence-electron chi connectivity index (χ3n) is 1.87. The van der Waals surface area contributed by atoms with Crippen molar-refractivity contribution in [2.24, 2.45) is 5.73 Å². The number of aromatic nitrogens is 1. The van der Waals surface area contributed by atoms with Crippen molar-refractivity contribution in [1.29, 1.82) is 5.41 Å². The highest BCUT2D eigenvalue weighted by molar-refractivity contribution is 9.10. The van der Waals surface area contributed by atoms with E-state index >= 15 is 0 Å². The number of amidine groups is 1. The summed E-state index contributed by atoms with van der Waals surface area (Å²) in [5.74, 6) is 0.0623. The fourth-order valence-electron chi connectivity index (χ4n) is 1.25. The first-order valence-corrected chi connectivity index (χ1v) is 4.59. The Morgan fingerprint density at radius 3 is 2.85 bits per heavy atom. The van der Waals surface area contributed by atoms with E-state index in [9.17, 15) is 0 Å². The molecule has 66 valence electrons. The minimum atomic E-state index is 0.0623. The molecular formula is C9H8BrN3. The van der Waals surface area contributed by atoms with Crippen molar-refractivity contribution in [2.75, 3.05) is 0 Å². The minimum absolute atomic E-state index is 0.0623. The summed E-state index contributed by atoms with van der Waals surface area (Å²) in [6.45, 7) is 0. The molecule has 1 aromatic heterocycles. The zero-order valence-electron chi connectivity index (χ0n) is 6.76. The quantitative estimate of drug-likeness (QED) is 0.517. The standard InChI is InChI=1S/C9H8BrN3/c10-6-1-2-7-5(3-6)4-8(13-7)9(11)12/h1-4,13H,(H3,11,12). The van der Waals surface area contributed by atoms with Crippen molar-refractivity contribution in [2.45, 2.75) is 0 Å². The lowest BCUT2D eigenvalue weighted by molar-refractivity contribution is 1.34. The molecule has 0 fully saturated rings. The van der Waals surface area contributed by atoms with Gasteiger partial charge in [0.05, 0.1) is 5.69 Å². The lowest BCUT2D eigenvalue weighted by Crippen LogP contribution is -2.10. The van der Waals surface area contributed by atoms with Gasteiger partial charge in [-0.3, -0.25) is 5.41 Å². The van der Waals surface area contributed by atoms with Crippen LogP contribution in [0, 0.1) is 5.41 Å². The van der Waals surface area contributed by atoms with Crippen LogP contribution in [-0.2, 0) is 0 Å². The molecular weight excluding hydrogens is 230 g/mol. The van der Waals surface area contributed by atoms with Crippen LogP contribution < -0.4 is 5.73 Å². The Morgan fingerprint density at radius 2 is 2.15 bits per heavy atom. The largest absolute Gasteiger partial charge is 0.382 e. The summed E-state index contributed by atoms with van der Waals surface area (Å²) in [7, 11) is 0. The first-order valence-electron chi connectivity index (χ1n) is 3.79. The summed E-state index contributed by atoms with van der Waals surface area (Å²) in [5, 5.41) is 8.31. The number of H-pyrrole nitrogens is 1. The van der Waals surface area contributed by atoms with Gasteiger partial charge in [0.25, 0.3) is 0 Å². The summed E-state index contributed by atoms with van der Waals surface area (Å²) in [6, 6.07) is 7.75. The maximum atomic E-state index is 7.26. The Balaban J connectivity index is 2.68. The molecule has 0 aliphatic carbocycles. The number of nitrogen functional groups attached to an aromatic ring is 1. The van der Waals surface area contributed by atoms with Crippen LogP contribution in [-0.4, -0.2) is 10.8 Å². The topological polar surface area (TPSA) is 65.7 Å². The van der Waals surface area contributed by atoms with E-state index < -0.39 is 0 Å². The van der Waals surface area contributed by atoms with Crippen LogP contribution in [0.4, 0.5) is 0 Å². The molecule has 0 aliphatic heterocycles. The predicted octanol–water partition coefficient (Wildman–Crippen LogP) is 2.21. The Morgan fingerprint density at radius 1 is 1.38 bits per heavy atom. The van der Waals surface area contributed by atoms with E-state index in [2.05, 4.69) is 20.9 Å². The second kappa shape index (κ2) is 2.88. The molecule has 2 rings (SSSR count). The summed E-state index contributed by atoms with van der Waals surface area (Å²) < 4.78 is 1.02. The molecule has 4 heteroatoms. The number of rotatable bonds is 1. The zero-order chi connectivity index (χ0) is 9.42. The summed E-state index contributed by atoms with van der Waals surface area (Å²) in [6.07, 6.45) is 0. The second-order valence-corrected chi connectivity index (χ2v) is 3.74. The Labute approximate surface area is 83.6 Å². The smallest absolute Gasteiger partial charge is 0.139 e. The number of benzene rings is 1. The maximum absolute atomic E-state index is 7.26. The number of hydrogen-bond acceptors (Lipinski definition) is 1. The van der Waals surface area contributed by atoms with Gasteiger partial charge in [-0.05, 0) is 24.3 Å². The molecule has 0 bridgehead atoms. The molecule has 1 heterocycles. The van der Waals surface area contributed by atoms with Gasteiger partial charge in [-0.2, -0.15) is 0 Å². The third-order valence-corrected chi connectivity index (χ3v) is 2.37. The molecule has 0 saturated heterocycles. The minimum Gasteiger partial charge on any atom is -0.382 e. The van der Waals surface area contributed by atoms with Crippen molar-refractivity contribution >= 4 is 32.7 Å². The SMILES string of the molecule is N=C(N)c1cc2cc(Br)ccc2[nH]1. The van der Waals surface area contributed by atoms with Gasteiger partial charge in [-0.15, -0.1) is 0 Å². The van der Waals surface area contributed by atoms with Crippen LogP contribution in [0.2, 0.25) is 0 Å². The predicted molar refractivity (Wildman–Crippen MR) is 57.0 cm³/mol. The Hall–Kier alpha value is -1.29. The zero-order valence-corrected chi connectivity index (χ0v) is 8.35.